The number of carbonyl (C=O) groups excluding carboxylic acids is 2. The minimum absolute atomic E-state index is 0. The van der Waals surface area contributed by atoms with Crippen molar-refractivity contribution >= 4 is 40.8 Å². The number of carbonyl (C=O) groups is 2. The molecule has 1 aromatic heterocycles. The molecular formula is C10H15ClN2O5S. The predicted molar refractivity (Wildman–Crippen MR) is 71.4 cm³/mol. The Morgan fingerprint density at radius 1 is 1.42 bits per heavy atom. The van der Waals surface area contributed by atoms with Gasteiger partial charge in [-0.2, -0.15) is 4.98 Å². The molecule has 0 aliphatic heterocycles. The first-order valence-corrected chi connectivity index (χ1v) is 6.12. The Hall–Kier alpha value is -1.38. The molecule has 1 unspecified atom stereocenters. The van der Waals surface area contributed by atoms with Crippen molar-refractivity contribution < 1.29 is 24.2 Å². The number of aliphatic hydroxyl groups is 1. The summed E-state index contributed by atoms with van der Waals surface area (Å²) >= 11 is 1.18. The van der Waals surface area contributed by atoms with E-state index < -0.39 is 18.0 Å². The second kappa shape index (κ2) is 7.93. The van der Waals surface area contributed by atoms with Crippen LogP contribution in [-0.2, 0) is 20.7 Å². The van der Waals surface area contributed by atoms with E-state index in [2.05, 4.69) is 9.72 Å². The van der Waals surface area contributed by atoms with Crippen molar-refractivity contribution in [3.05, 3.63) is 4.88 Å². The highest BCUT2D eigenvalue weighted by molar-refractivity contribution is 7.15. The van der Waals surface area contributed by atoms with Gasteiger partial charge in [0.05, 0.1) is 11.5 Å². The fourth-order valence-corrected chi connectivity index (χ4v) is 1.83. The monoisotopic (exact) mass is 310 g/mol. The molecule has 0 amide bonds. The molecule has 0 bridgehead atoms. The lowest BCUT2D eigenvalue weighted by Crippen LogP contribution is -2.35. The van der Waals surface area contributed by atoms with Gasteiger partial charge in [-0.15, -0.1) is 12.4 Å². The van der Waals surface area contributed by atoms with Crippen LogP contribution >= 0.6 is 23.7 Å². The lowest BCUT2D eigenvalue weighted by atomic mass is 10.3. The zero-order valence-electron chi connectivity index (χ0n) is 10.4. The van der Waals surface area contributed by atoms with Gasteiger partial charge in [-0.25, -0.2) is 9.59 Å². The average Bonchev–Trinajstić information content (AvgIpc) is 2.68. The first kappa shape index (κ1) is 17.6. The summed E-state index contributed by atoms with van der Waals surface area (Å²) in [6.45, 7) is 3.46. The number of aryl methyl sites for hydroxylation is 1. The van der Waals surface area contributed by atoms with Crippen LogP contribution in [0.1, 0.15) is 18.7 Å². The normalized spacial score (nSPS) is 11.3. The maximum Gasteiger partial charge on any atom is 0.353 e. The molecule has 1 rings (SSSR count). The minimum atomic E-state index is -1.97. The topological polar surface area (TPSA) is 112 Å². The molecule has 108 valence electrons. The molecule has 19 heavy (non-hydrogen) atoms. The molecule has 0 saturated heterocycles. The van der Waals surface area contributed by atoms with Crippen molar-refractivity contribution in [1.82, 2.24) is 4.98 Å². The fraction of sp³-hybridized carbons (Fsp3) is 0.500. The highest BCUT2D eigenvalue weighted by Gasteiger charge is 2.28. The van der Waals surface area contributed by atoms with Crippen LogP contribution in [0, 0.1) is 0 Å². The Bertz CT molecular complexity index is 451. The van der Waals surface area contributed by atoms with Crippen molar-refractivity contribution in [1.29, 1.82) is 0 Å². The van der Waals surface area contributed by atoms with Gasteiger partial charge < -0.3 is 20.3 Å². The van der Waals surface area contributed by atoms with Crippen LogP contribution in [0.25, 0.3) is 0 Å². The van der Waals surface area contributed by atoms with Gasteiger partial charge in [0.15, 0.2) is 5.13 Å². The summed E-state index contributed by atoms with van der Waals surface area (Å²) in [4.78, 5) is 27.0. The van der Waals surface area contributed by atoms with Gasteiger partial charge in [0.25, 0.3) is 6.10 Å². The first-order valence-electron chi connectivity index (χ1n) is 5.31. The average molecular weight is 311 g/mol. The van der Waals surface area contributed by atoms with E-state index in [0.29, 0.717) is 11.3 Å². The predicted octanol–water partition coefficient (Wildman–Crippen LogP) is 0.539. The summed E-state index contributed by atoms with van der Waals surface area (Å²) in [6.07, 6.45) is -1.40. The number of aliphatic hydroxyl groups excluding tert-OH is 1. The SMILES string of the molecule is CCOC(=O)C(O)C(=O)Oc1nc(N)sc1CC.Cl. The van der Waals surface area contributed by atoms with E-state index in [4.69, 9.17) is 10.5 Å². The number of ether oxygens (including phenoxy) is 2. The smallest absolute Gasteiger partial charge is 0.353 e. The highest BCUT2D eigenvalue weighted by Crippen LogP contribution is 2.27. The summed E-state index contributed by atoms with van der Waals surface area (Å²) < 4.78 is 9.31. The molecule has 0 aliphatic rings. The Labute approximate surface area is 120 Å². The largest absolute Gasteiger partial charge is 0.464 e. The van der Waals surface area contributed by atoms with E-state index in [0.717, 1.165) is 0 Å². The van der Waals surface area contributed by atoms with E-state index in [-0.39, 0.29) is 30.0 Å². The maximum absolute atomic E-state index is 11.5. The van der Waals surface area contributed by atoms with Crippen LogP contribution in [0.4, 0.5) is 5.13 Å². The Morgan fingerprint density at radius 2 is 2.05 bits per heavy atom. The molecule has 0 fully saturated rings. The molecular weight excluding hydrogens is 296 g/mol. The molecule has 3 N–H and O–H groups in total. The van der Waals surface area contributed by atoms with Gasteiger partial charge in [0.2, 0.25) is 5.88 Å². The number of esters is 2. The standard InChI is InChI=1S/C10H14N2O5S.ClH/c1-3-5-7(12-10(11)18-5)17-9(15)6(13)8(14)16-4-2;/h6,13H,3-4H2,1-2H3,(H2,11,12);1H. The van der Waals surface area contributed by atoms with Gasteiger partial charge in [-0.05, 0) is 13.3 Å². The third-order valence-electron chi connectivity index (χ3n) is 1.93. The molecule has 0 radical (unpaired) electrons. The number of rotatable bonds is 5. The number of nitrogen functional groups attached to an aromatic ring is 1. The number of halogens is 1. The van der Waals surface area contributed by atoms with E-state index in [1.54, 1.807) is 6.92 Å². The molecule has 1 atom stereocenters. The number of aromatic nitrogens is 1. The summed E-state index contributed by atoms with van der Waals surface area (Å²) in [6, 6.07) is 0. The Morgan fingerprint density at radius 3 is 2.58 bits per heavy atom. The molecule has 1 aromatic rings. The lowest BCUT2D eigenvalue weighted by molar-refractivity contribution is -0.163. The van der Waals surface area contributed by atoms with Crippen LogP contribution in [0.2, 0.25) is 0 Å². The summed E-state index contributed by atoms with van der Waals surface area (Å²) in [5, 5.41) is 9.59. The van der Waals surface area contributed by atoms with Crippen LogP contribution in [0.15, 0.2) is 0 Å². The van der Waals surface area contributed by atoms with Crippen molar-refractivity contribution in [2.24, 2.45) is 0 Å². The quantitative estimate of drug-likeness (QED) is 0.603. The van der Waals surface area contributed by atoms with E-state index in [9.17, 15) is 14.7 Å². The van der Waals surface area contributed by atoms with Gasteiger partial charge >= 0.3 is 11.9 Å². The number of nitrogens with two attached hydrogens (primary N) is 1. The number of hydrogen-bond acceptors (Lipinski definition) is 8. The Kier molecular flexibility index (Phi) is 7.35. The van der Waals surface area contributed by atoms with Gasteiger partial charge in [0, 0.05) is 0 Å². The summed E-state index contributed by atoms with van der Waals surface area (Å²) in [7, 11) is 0. The first-order chi connectivity index (χ1) is 8.49. The third kappa shape index (κ3) is 4.66. The molecule has 0 spiro atoms. The van der Waals surface area contributed by atoms with Crippen molar-refractivity contribution in [3.8, 4) is 5.88 Å². The van der Waals surface area contributed by atoms with Crippen LogP contribution in [0.5, 0.6) is 5.88 Å². The van der Waals surface area contributed by atoms with Gasteiger partial charge in [-0.1, -0.05) is 18.3 Å². The highest BCUT2D eigenvalue weighted by atomic mass is 35.5. The van der Waals surface area contributed by atoms with Crippen molar-refractivity contribution in [2.75, 3.05) is 12.3 Å². The molecule has 9 heteroatoms. The van der Waals surface area contributed by atoms with Crippen molar-refractivity contribution in [3.63, 3.8) is 0 Å². The zero-order valence-corrected chi connectivity index (χ0v) is 12.0. The summed E-state index contributed by atoms with van der Waals surface area (Å²) in [5.41, 5.74) is 5.48. The minimum Gasteiger partial charge on any atom is -0.464 e. The number of anilines is 1. The molecule has 1 heterocycles. The lowest BCUT2D eigenvalue weighted by Gasteiger charge is -2.08. The van der Waals surface area contributed by atoms with E-state index >= 15 is 0 Å². The van der Waals surface area contributed by atoms with Gasteiger partial charge in [-0.3, -0.25) is 0 Å². The maximum atomic E-state index is 11.5. The Balaban J connectivity index is 0.00000324. The third-order valence-corrected chi connectivity index (χ3v) is 2.94. The van der Waals surface area contributed by atoms with Crippen LogP contribution in [0.3, 0.4) is 0 Å². The van der Waals surface area contributed by atoms with Crippen molar-refractivity contribution in [2.45, 2.75) is 26.4 Å². The molecule has 0 saturated carbocycles. The second-order valence-electron chi connectivity index (χ2n) is 3.21. The van der Waals surface area contributed by atoms with Crippen LogP contribution in [-0.4, -0.2) is 34.7 Å². The van der Waals surface area contributed by atoms with Crippen LogP contribution < -0.4 is 10.5 Å². The van der Waals surface area contributed by atoms with E-state index in [1.165, 1.54) is 11.3 Å². The molecule has 7 nitrogen and oxygen atoms in total. The van der Waals surface area contributed by atoms with E-state index in [1.807, 2.05) is 6.92 Å². The second-order valence-corrected chi connectivity index (χ2v) is 4.32. The van der Waals surface area contributed by atoms with Gasteiger partial charge in [0.1, 0.15) is 0 Å². The fourth-order valence-electron chi connectivity index (χ4n) is 1.13. The number of hydrogen-bond donors (Lipinski definition) is 2. The molecule has 0 aromatic carbocycles. The zero-order chi connectivity index (χ0) is 13.7. The summed E-state index contributed by atoms with van der Waals surface area (Å²) in [5.74, 6) is -2.16. The molecule has 0 aliphatic carbocycles. The number of nitrogens with zero attached hydrogens (tertiary/aromatic N) is 1. The number of thiazole rings is 1.